The first-order valence-corrected chi connectivity index (χ1v) is 24.1. The van der Waals surface area contributed by atoms with Crippen LogP contribution in [-0.2, 0) is 32.7 Å². The van der Waals surface area contributed by atoms with E-state index in [1.807, 2.05) is 21.1 Å². The van der Waals surface area contributed by atoms with Crippen LogP contribution in [0.25, 0.3) is 0 Å². The van der Waals surface area contributed by atoms with Crippen LogP contribution in [-0.4, -0.2) is 70.0 Å². The maximum atomic E-state index is 12.7. The summed E-state index contributed by atoms with van der Waals surface area (Å²) < 4.78 is 33.8. The lowest BCUT2D eigenvalue weighted by Crippen LogP contribution is -2.37. The van der Waals surface area contributed by atoms with Crippen LogP contribution in [0, 0.1) is 0 Å². The van der Waals surface area contributed by atoms with Gasteiger partial charge in [-0.3, -0.25) is 14.2 Å². The number of carbonyl (C=O) groups excluding carboxylic acids is 2. The Kier molecular flexibility index (Phi) is 38.1. The van der Waals surface area contributed by atoms with Crippen molar-refractivity contribution < 1.29 is 42.1 Å². The SMILES string of the molecule is CCCCC/C=C\C/C=C\C/C=C\C/C=C\CCCC(=O)OC[C@H](COP(=O)([O-])OCC[N+](C)(C)C)OC(=O)CCCCCCCCC/C=C\C/C=C\CCCCC. The van der Waals surface area contributed by atoms with E-state index in [4.69, 9.17) is 18.5 Å². The zero-order valence-corrected chi connectivity index (χ0v) is 38.4. The molecule has 0 saturated heterocycles. The third-order valence-corrected chi connectivity index (χ3v) is 10.2. The van der Waals surface area contributed by atoms with Crippen LogP contribution in [0.1, 0.15) is 168 Å². The molecule has 10 heteroatoms. The molecule has 0 amide bonds. The van der Waals surface area contributed by atoms with Crippen molar-refractivity contribution >= 4 is 19.8 Å². The number of esters is 2. The summed E-state index contributed by atoms with van der Waals surface area (Å²) in [5.41, 5.74) is 0. The lowest BCUT2D eigenvalue weighted by molar-refractivity contribution is -0.870. The minimum atomic E-state index is -4.64. The van der Waals surface area contributed by atoms with Crippen molar-refractivity contribution in [3.05, 3.63) is 72.9 Å². The van der Waals surface area contributed by atoms with Crippen molar-refractivity contribution in [1.29, 1.82) is 0 Å². The molecular weight excluding hydrogens is 750 g/mol. The molecular formula is C48H84NO8P. The molecule has 0 aromatic carbocycles. The summed E-state index contributed by atoms with van der Waals surface area (Å²) >= 11 is 0. The van der Waals surface area contributed by atoms with Crippen molar-refractivity contribution in [2.75, 3.05) is 47.5 Å². The molecule has 334 valence electrons. The molecule has 9 nitrogen and oxygen atoms in total. The number of phosphoric ester groups is 1. The second-order valence-electron chi connectivity index (χ2n) is 16.1. The molecule has 0 heterocycles. The molecule has 0 bridgehead atoms. The van der Waals surface area contributed by atoms with E-state index in [1.165, 1.54) is 70.6 Å². The van der Waals surface area contributed by atoms with Crippen molar-refractivity contribution in [3.8, 4) is 0 Å². The number of hydrogen-bond donors (Lipinski definition) is 0. The first kappa shape index (κ1) is 55.5. The number of likely N-dealkylation sites (N-methyl/N-ethyl adjacent to an activating group) is 1. The molecule has 0 fully saturated rings. The van der Waals surface area contributed by atoms with E-state index >= 15 is 0 Å². The van der Waals surface area contributed by atoms with Gasteiger partial charge in [0.2, 0.25) is 0 Å². The van der Waals surface area contributed by atoms with Gasteiger partial charge in [-0.15, -0.1) is 0 Å². The maximum absolute atomic E-state index is 12.7. The van der Waals surface area contributed by atoms with Gasteiger partial charge in [0.1, 0.15) is 19.8 Å². The normalized spacial score (nSPS) is 14.2. The Hall–Kier alpha value is -2.55. The number of unbranched alkanes of at least 4 members (excludes halogenated alkanes) is 14. The molecule has 0 radical (unpaired) electrons. The highest BCUT2D eigenvalue weighted by atomic mass is 31.2. The Balaban J connectivity index is 4.46. The number of hydrogen-bond acceptors (Lipinski definition) is 8. The highest BCUT2D eigenvalue weighted by molar-refractivity contribution is 7.45. The summed E-state index contributed by atoms with van der Waals surface area (Å²) in [4.78, 5) is 37.5. The zero-order chi connectivity index (χ0) is 42.8. The van der Waals surface area contributed by atoms with Crippen LogP contribution >= 0.6 is 7.82 Å². The van der Waals surface area contributed by atoms with Crippen LogP contribution in [0.4, 0.5) is 0 Å². The van der Waals surface area contributed by atoms with E-state index in [-0.39, 0.29) is 26.1 Å². The average molecular weight is 834 g/mol. The number of ether oxygens (including phenoxy) is 2. The van der Waals surface area contributed by atoms with Gasteiger partial charge in [-0.1, -0.05) is 145 Å². The monoisotopic (exact) mass is 834 g/mol. The van der Waals surface area contributed by atoms with E-state index in [9.17, 15) is 19.0 Å². The molecule has 0 aromatic rings. The Morgan fingerprint density at radius 3 is 1.43 bits per heavy atom. The number of quaternary nitrogens is 1. The van der Waals surface area contributed by atoms with Crippen molar-refractivity contribution in [1.82, 2.24) is 0 Å². The molecule has 1 unspecified atom stereocenters. The lowest BCUT2D eigenvalue weighted by Gasteiger charge is -2.28. The predicted molar refractivity (Wildman–Crippen MR) is 240 cm³/mol. The Morgan fingerprint density at radius 2 is 0.948 bits per heavy atom. The van der Waals surface area contributed by atoms with Crippen molar-refractivity contribution in [3.63, 3.8) is 0 Å². The average Bonchev–Trinajstić information content (AvgIpc) is 3.17. The third-order valence-electron chi connectivity index (χ3n) is 9.20. The molecule has 0 saturated carbocycles. The summed E-state index contributed by atoms with van der Waals surface area (Å²) in [5.74, 6) is -0.915. The minimum Gasteiger partial charge on any atom is -0.756 e. The summed E-state index contributed by atoms with van der Waals surface area (Å²) in [6.07, 6.45) is 49.3. The van der Waals surface area contributed by atoms with Crippen molar-refractivity contribution in [2.45, 2.75) is 174 Å². The second-order valence-corrected chi connectivity index (χ2v) is 17.5. The van der Waals surface area contributed by atoms with Gasteiger partial charge in [-0.05, 0) is 83.5 Å². The molecule has 0 aromatic heterocycles. The van der Waals surface area contributed by atoms with Gasteiger partial charge in [0.25, 0.3) is 7.82 Å². The fourth-order valence-electron chi connectivity index (χ4n) is 5.62. The Morgan fingerprint density at radius 1 is 0.534 bits per heavy atom. The van der Waals surface area contributed by atoms with E-state index < -0.39 is 32.5 Å². The molecule has 2 atom stereocenters. The minimum absolute atomic E-state index is 0.0443. The first-order valence-electron chi connectivity index (χ1n) is 22.6. The van der Waals surface area contributed by atoms with E-state index in [0.29, 0.717) is 23.9 Å². The Labute approximate surface area is 355 Å². The summed E-state index contributed by atoms with van der Waals surface area (Å²) in [6.45, 7) is 4.09. The standard InChI is InChI=1S/C48H84NO8P/c1-6-8-10-12-14-16-18-20-22-24-26-28-30-32-34-36-38-40-47(50)54-44-46(45-56-58(52,53)55-43-42-49(3,4)5)57-48(51)41-39-37-35-33-31-29-27-25-23-21-19-17-15-13-11-9-7-2/h14-17,20-23,26,28,32,34,46H,6-13,18-19,24-25,27,29-31,33,35-45H2,1-5H3/b16-14-,17-15-,22-20-,23-21-,28-26-,34-32-/t46-/m1/s1. The van der Waals surface area contributed by atoms with Gasteiger partial charge in [-0.25, -0.2) is 0 Å². The molecule has 0 aliphatic rings. The smallest absolute Gasteiger partial charge is 0.306 e. The zero-order valence-electron chi connectivity index (χ0n) is 37.5. The van der Waals surface area contributed by atoms with Gasteiger partial charge in [0, 0.05) is 12.8 Å². The maximum Gasteiger partial charge on any atom is 0.306 e. The van der Waals surface area contributed by atoms with Gasteiger partial charge >= 0.3 is 11.9 Å². The van der Waals surface area contributed by atoms with Crippen LogP contribution in [0.3, 0.4) is 0 Å². The largest absolute Gasteiger partial charge is 0.756 e. The second kappa shape index (κ2) is 39.9. The molecule has 0 aliphatic heterocycles. The van der Waals surface area contributed by atoms with Gasteiger partial charge in [0.15, 0.2) is 6.10 Å². The van der Waals surface area contributed by atoms with E-state index in [1.54, 1.807) is 0 Å². The topological polar surface area (TPSA) is 111 Å². The number of nitrogens with zero attached hydrogens (tertiary/aromatic N) is 1. The molecule has 0 N–H and O–H groups in total. The Bertz CT molecular complexity index is 1220. The van der Waals surface area contributed by atoms with Crippen LogP contribution in [0.5, 0.6) is 0 Å². The summed E-state index contributed by atoms with van der Waals surface area (Å²) in [6, 6.07) is 0. The van der Waals surface area contributed by atoms with Crippen LogP contribution in [0.2, 0.25) is 0 Å². The lowest BCUT2D eigenvalue weighted by atomic mass is 10.1. The van der Waals surface area contributed by atoms with Crippen molar-refractivity contribution in [2.24, 2.45) is 0 Å². The summed E-state index contributed by atoms with van der Waals surface area (Å²) in [7, 11) is 1.12. The van der Waals surface area contributed by atoms with E-state index in [0.717, 1.165) is 57.8 Å². The highest BCUT2D eigenvalue weighted by Crippen LogP contribution is 2.38. The number of allylic oxidation sites excluding steroid dienone is 12. The molecule has 0 spiro atoms. The number of rotatable bonds is 40. The first-order chi connectivity index (χ1) is 28.0. The van der Waals surface area contributed by atoms with Gasteiger partial charge in [0.05, 0.1) is 27.7 Å². The van der Waals surface area contributed by atoms with E-state index in [2.05, 4.69) is 86.8 Å². The van der Waals surface area contributed by atoms with Crippen LogP contribution < -0.4 is 4.89 Å². The quantitative estimate of drug-likeness (QED) is 0.0197. The van der Waals surface area contributed by atoms with Gasteiger partial charge < -0.3 is 27.9 Å². The number of carbonyl (C=O) groups is 2. The fourth-order valence-corrected chi connectivity index (χ4v) is 6.35. The van der Waals surface area contributed by atoms with Gasteiger partial charge in [-0.2, -0.15) is 0 Å². The molecule has 0 aliphatic carbocycles. The summed E-state index contributed by atoms with van der Waals surface area (Å²) in [5, 5.41) is 0. The third kappa shape index (κ3) is 43.0. The molecule has 0 rings (SSSR count). The number of phosphoric acid groups is 1. The fraction of sp³-hybridized carbons (Fsp3) is 0.708. The predicted octanol–water partition coefficient (Wildman–Crippen LogP) is 12.4. The highest BCUT2D eigenvalue weighted by Gasteiger charge is 2.21. The molecule has 58 heavy (non-hydrogen) atoms. The van der Waals surface area contributed by atoms with Crippen LogP contribution in [0.15, 0.2) is 72.9 Å².